The molecule has 4 saturated carbocycles. The summed E-state index contributed by atoms with van der Waals surface area (Å²) >= 11 is 0. The van der Waals surface area contributed by atoms with Gasteiger partial charge in [0.05, 0.1) is 17.6 Å². The van der Waals surface area contributed by atoms with E-state index < -0.39 is 17.0 Å². The quantitative estimate of drug-likeness (QED) is 0.723. The third-order valence-corrected chi connectivity index (χ3v) is 9.08. The van der Waals surface area contributed by atoms with Gasteiger partial charge in [-0.3, -0.25) is 4.79 Å². The van der Waals surface area contributed by atoms with Crippen LogP contribution in [0.3, 0.4) is 0 Å². The standard InChI is InChI=1S/C20H32O4/c1-17-7-3-8-18(2,16(22)23)14(17)6-9-19-10-13(4-5-15(17)19)20(24,11-19)12-21/h13-15,21,24H,3-12H2,1-2H3,(H,22,23)/t13-,14+,15-,17-,18-,19+,20+/m1/s1. The minimum absolute atomic E-state index is 0.0648. The average Bonchev–Trinajstić information content (AvgIpc) is 2.73. The van der Waals surface area contributed by atoms with Gasteiger partial charge in [-0.05, 0) is 86.9 Å². The zero-order chi connectivity index (χ0) is 17.4. The number of rotatable bonds is 2. The molecule has 4 aliphatic carbocycles. The number of aliphatic hydroxyl groups excluding tert-OH is 1. The van der Waals surface area contributed by atoms with Crippen LogP contribution in [-0.4, -0.2) is 33.5 Å². The van der Waals surface area contributed by atoms with Crippen LogP contribution in [0.5, 0.6) is 0 Å². The van der Waals surface area contributed by atoms with Gasteiger partial charge in [0.1, 0.15) is 0 Å². The summed E-state index contributed by atoms with van der Waals surface area (Å²) in [5.41, 5.74) is -1.31. The molecule has 24 heavy (non-hydrogen) atoms. The number of aliphatic carboxylic acids is 1. The van der Waals surface area contributed by atoms with Gasteiger partial charge in [-0.25, -0.2) is 0 Å². The summed E-state index contributed by atoms with van der Waals surface area (Å²) in [6, 6.07) is 0. The summed E-state index contributed by atoms with van der Waals surface area (Å²) in [6.07, 6.45) is 8.73. The maximum absolute atomic E-state index is 12.1. The molecule has 4 aliphatic rings. The van der Waals surface area contributed by atoms with Crippen molar-refractivity contribution >= 4 is 5.97 Å². The normalized spacial score (nSPS) is 56.4. The Morgan fingerprint density at radius 1 is 1.08 bits per heavy atom. The van der Waals surface area contributed by atoms with Crippen molar-refractivity contribution in [2.75, 3.05) is 6.61 Å². The minimum Gasteiger partial charge on any atom is -0.481 e. The third kappa shape index (κ3) is 1.90. The summed E-state index contributed by atoms with van der Waals surface area (Å²) in [5.74, 6) is 0.348. The lowest BCUT2D eigenvalue weighted by Gasteiger charge is -2.63. The average molecular weight is 336 g/mol. The first-order valence-electron chi connectivity index (χ1n) is 9.77. The van der Waals surface area contributed by atoms with Crippen molar-refractivity contribution in [1.29, 1.82) is 0 Å². The lowest BCUT2D eigenvalue weighted by atomic mass is 9.41. The topological polar surface area (TPSA) is 77.8 Å². The van der Waals surface area contributed by atoms with E-state index in [1.54, 1.807) is 0 Å². The fraction of sp³-hybridized carbons (Fsp3) is 0.950. The Morgan fingerprint density at radius 2 is 1.83 bits per heavy atom. The molecule has 0 amide bonds. The van der Waals surface area contributed by atoms with E-state index in [1.807, 2.05) is 6.92 Å². The Balaban J connectivity index is 1.73. The number of fused-ring (bicyclic) bond motifs is 3. The lowest BCUT2D eigenvalue weighted by Crippen LogP contribution is -2.58. The van der Waals surface area contributed by atoms with Crippen LogP contribution < -0.4 is 0 Å². The molecule has 0 saturated heterocycles. The molecule has 4 rings (SSSR count). The Hall–Kier alpha value is -0.610. The van der Waals surface area contributed by atoms with Crippen LogP contribution >= 0.6 is 0 Å². The molecule has 0 heterocycles. The van der Waals surface area contributed by atoms with Crippen molar-refractivity contribution in [3.63, 3.8) is 0 Å². The fourth-order valence-electron chi connectivity index (χ4n) is 8.06. The van der Waals surface area contributed by atoms with Gasteiger partial charge < -0.3 is 15.3 Å². The molecule has 4 nitrogen and oxygen atoms in total. The molecular weight excluding hydrogens is 304 g/mol. The molecule has 136 valence electrons. The highest BCUT2D eigenvalue weighted by Gasteiger charge is 2.68. The monoisotopic (exact) mass is 336 g/mol. The van der Waals surface area contributed by atoms with E-state index in [9.17, 15) is 20.1 Å². The second-order valence-corrected chi connectivity index (χ2v) is 10.0. The number of carbonyl (C=O) groups is 1. The molecule has 0 aliphatic heterocycles. The van der Waals surface area contributed by atoms with Crippen molar-refractivity contribution in [2.45, 2.75) is 77.2 Å². The van der Waals surface area contributed by atoms with Crippen molar-refractivity contribution in [3.8, 4) is 0 Å². The molecule has 4 heteroatoms. The molecule has 0 radical (unpaired) electrons. The van der Waals surface area contributed by atoms with Crippen LogP contribution in [-0.2, 0) is 4.79 Å². The molecule has 4 fully saturated rings. The number of hydrogen-bond acceptors (Lipinski definition) is 3. The highest BCUT2D eigenvalue weighted by molar-refractivity contribution is 5.75. The smallest absolute Gasteiger partial charge is 0.309 e. The molecule has 0 unspecified atom stereocenters. The lowest BCUT2D eigenvalue weighted by molar-refractivity contribution is -0.181. The van der Waals surface area contributed by atoms with E-state index in [2.05, 4.69) is 6.92 Å². The Kier molecular flexibility index (Phi) is 3.49. The SMILES string of the molecule is C[C@@]12CCC[C@@](C)(C(=O)O)[C@H]1CC[C@@]13C[C@@H](CC[C@@H]12)[C@@](O)(CO)C3. The molecular formula is C20H32O4. The van der Waals surface area contributed by atoms with E-state index in [4.69, 9.17) is 0 Å². The first kappa shape index (κ1) is 16.8. The predicted molar refractivity (Wildman–Crippen MR) is 90.3 cm³/mol. The zero-order valence-corrected chi connectivity index (χ0v) is 15.1. The van der Waals surface area contributed by atoms with Gasteiger partial charge in [-0.2, -0.15) is 0 Å². The number of carboxylic acids is 1. The largest absolute Gasteiger partial charge is 0.481 e. The fourth-order valence-corrected chi connectivity index (χ4v) is 8.06. The highest BCUT2D eigenvalue weighted by Crippen LogP contribution is 2.72. The first-order valence-corrected chi connectivity index (χ1v) is 9.77. The number of hydrogen-bond donors (Lipinski definition) is 3. The van der Waals surface area contributed by atoms with Crippen LogP contribution in [0.25, 0.3) is 0 Å². The summed E-state index contributed by atoms with van der Waals surface area (Å²) in [7, 11) is 0. The van der Waals surface area contributed by atoms with E-state index in [0.29, 0.717) is 5.92 Å². The molecule has 2 bridgehead atoms. The molecule has 7 atom stereocenters. The maximum atomic E-state index is 12.1. The number of aliphatic hydroxyl groups is 2. The van der Waals surface area contributed by atoms with Gasteiger partial charge in [-0.15, -0.1) is 0 Å². The van der Waals surface area contributed by atoms with Gasteiger partial charge in [0.15, 0.2) is 0 Å². The summed E-state index contributed by atoms with van der Waals surface area (Å²) in [5, 5.41) is 30.6. The maximum Gasteiger partial charge on any atom is 0.309 e. The third-order valence-electron chi connectivity index (χ3n) is 9.08. The van der Waals surface area contributed by atoms with Crippen LogP contribution in [0.1, 0.15) is 71.6 Å². The van der Waals surface area contributed by atoms with Gasteiger partial charge in [-0.1, -0.05) is 13.3 Å². The summed E-state index contributed by atoms with van der Waals surface area (Å²) in [4.78, 5) is 12.1. The van der Waals surface area contributed by atoms with Crippen LogP contribution in [0, 0.1) is 34.0 Å². The van der Waals surface area contributed by atoms with Crippen molar-refractivity contribution in [2.24, 2.45) is 34.0 Å². The van der Waals surface area contributed by atoms with E-state index in [1.165, 1.54) is 0 Å². The molecule has 0 aromatic rings. The number of carboxylic acid groups (broad SMARTS) is 1. The molecule has 0 aromatic heterocycles. The van der Waals surface area contributed by atoms with E-state index in [0.717, 1.165) is 57.8 Å². The van der Waals surface area contributed by atoms with Gasteiger partial charge in [0.2, 0.25) is 0 Å². The van der Waals surface area contributed by atoms with Crippen molar-refractivity contribution < 1.29 is 20.1 Å². The van der Waals surface area contributed by atoms with Crippen molar-refractivity contribution in [1.82, 2.24) is 0 Å². The van der Waals surface area contributed by atoms with E-state index in [-0.39, 0.29) is 29.3 Å². The minimum atomic E-state index is -0.900. The van der Waals surface area contributed by atoms with E-state index >= 15 is 0 Å². The van der Waals surface area contributed by atoms with Crippen molar-refractivity contribution in [3.05, 3.63) is 0 Å². The Bertz CT molecular complexity index is 562. The summed E-state index contributed by atoms with van der Waals surface area (Å²) < 4.78 is 0. The van der Waals surface area contributed by atoms with Gasteiger partial charge in [0.25, 0.3) is 0 Å². The second-order valence-electron chi connectivity index (χ2n) is 10.0. The Labute approximate surface area is 144 Å². The predicted octanol–water partition coefficient (Wildman–Crippen LogP) is 3.21. The first-order chi connectivity index (χ1) is 11.2. The van der Waals surface area contributed by atoms with Crippen LogP contribution in [0.15, 0.2) is 0 Å². The molecule has 3 N–H and O–H groups in total. The van der Waals surface area contributed by atoms with Gasteiger partial charge in [0, 0.05) is 0 Å². The molecule has 0 aromatic carbocycles. The van der Waals surface area contributed by atoms with Gasteiger partial charge >= 0.3 is 5.97 Å². The van der Waals surface area contributed by atoms with Crippen LogP contribution in [0.2, 0.25) is 0 Å². The molecule has 1 spiro atoms. The zero-order valence-electron chi connectivity index (χ0n) is 15.1. The highest BCUT2D eigenvalue weighted by atomic mass is 16.4. The summed E-state index contributed by atoms with van der Waals surface area (Å²) in [6.45, 7) is 4.19. The Morgan fingerprint density at radius 3 is 2.50 bits per heavy atom. The van der Waals surface area contributed by atoms with Crippen LogP contribution in [0.4, 0.5) is 0 Å². The second kappa shape index (κ2) is 4.97.